The van der Waals surface area contributed by atoms with Gasteiger partial charge in [-0.05, 0) is 19.8 Å². The van der Waals surface area contributed by atoms with E-state index < -0.39 is 5.38 Å². The molecule has 0 aliphatic carbocycles. The molecule has 0 radical (unpaired) electrons. The van der Waals surface area contributed by atoms with Crippen molar-refractivity contribution >= 4 is 23.3 Å². The normalized spacial score (nSPS) is 20.6. The lowest BCUT2D eigenvalue weighted by atomic mass is 10.0. The highest BCUT2D eigenvalue weighted by atomic mass is 35.5. The molecule has 5 nitrogen and oxygen atoms in total. The number of rotatable bonds is 4. The van der Waals surface area contributed by atoms with E-state index in [-0.39, 0.29) is 17.7 Å². The van der Waals surface area contributed by atoms with Gasteiger partial charge in [-0.15, -0.1) is 11.6 Å². The second kappa shape index (κ2) is 5.74. The van der Waals surface area contributed by atoms with Crippen molar-refractivity contribution in [3.63, 3.8) is 0 Å². The molecule has 0 aromatic carbocycles. The number of aryl methyl sites for hydroxylation is 1. The summed E-state index contributed by atoms with van der Waals surface area (Å²) in [5.74, 6) is -0.0526. The molecule has 1 saturated heterocycles. The summed E-state index contributed by atoms with van der Waals surface area (Å²) in [7, 11) is 1.78. The van der Waals surface area contributed by atoms with Gasteiger partial charge in [-0.1, -0.05) is 0 Å². The number of carbonyl (C=O) groups is 2. The van der Waals surface area contributed by atoms with Crippen LogP contribution in [0, 0.1) is 0 Å². The standard InChI is InChI=1S/C13H18ClN3O2/c1-9(14)13(19)17-5-3-4-11(17)6-12(18)10-7-15-16(2)8-10/h7-9,11H,3-6H2,1-2H3. The monoisotopic (exact) mass is 283 g/mol. The molecule has 2 heterocycles. The van der Waals surface area contributed by atoms with Crippen molar-refractivity contribution in [1.82, 2.24) is 14.7 Å². The predicted octanol–water partition coefficient (Wildman–Crippen LogP) is 1.61. The number of nitrogens with zero attached hydrogens (tertiary/aromatic N) is 3. The summed E-state index contributed by atoms with van der Waals surface area (Å²) in [4.78, 5) is 25.8. The van der Waals surface area contributed by atoms with Gasteiger partial charge in [-0.3, -0.25) is 14.3 Å². The van der Waals surface area contributed by atoms with Crippen LogP contribution in [0.4, 0.5) is 0 Å². The molecule has 1 aliphatic heterocycles. The molecule has 2 unspecified atom stereocenters. The van der Waals surface area contributed by atoms with E-state index in [0.29, 0.717) is 18.5 Å². The first-order valence-corrected chi connectivity index (χ1v) is 6.89. The number of aromatic nitrogens is 2. The van der Waals surface area contributed by atoms with E-state index in [9.17, 15) is 9.59 Å². The molecule has 1 amide bonds. The first kappa shape index (κ1) is 14.1. The maximum absolute atomic E-state index is 12.1. The van der Waals surface area contributed by atoms with Crippen molar-refractivity contribution < 1.29 is 9.59 Å². The maximum atomic E-state index is 12.1. The Morgan fingerprint density at radius 1 is 1.58 bits per heavy atom. The number of ketones is 1. The minimum atomic E-state index is -0.533. The minimum Gasteiger partial charge on any atom is -0.338 e. The number of alkyl halides is 1. The molecule has 0 N–H and O–H groups in total. The smallest absolute Gasteiger partial charge is 0.240 e. The zero-order valence-corrected chi connectivity index (χ0v) is 11.9. The van der Waals surface area contributed by atoms with Gasteiger partial charge >= 0.3 is 0 Å². The Morgan fingerprint density at radius 2 is 2.32 bits per heavy atom. The summed E-state index contributed by atoms with van der Waals surface area (Å²) in [5, 5.41) is 3.46. The van der Waals surface area contributed by atoms with E-state index in [1.54, 1.807) is 35.9 Å². The third-order valence-corrected chi connectivity index (χ3v) is 3.64. The fourth-order valence-corrected chi connectivity index (χ4v) is 2.59. The molecule has 1 fully saturated rings. The van der Waals surface area contributed by atoms with E-state index in [1.165, 1.54) is 0 Å². The van der Waals surface area contributed by atoms with Gasteiger partial charge in [0.15, 0.2) is 5.78 Å². The number of likely N-dealkylation sites (tertiary alicyclic amines) is 1. The number of Topliss-reactive ketones (excluding diaryl/α,β-unsaturated/α-hetero) is 1. The molecule has 0 bridgehead atoms. The molecular formula is C13H18ClN3O2. The van der Waals surface area contributed by atoms with Crippen LogP contribution in [0.15, 0.2) is 12.4 Å². The van der Waals surface area contributed by atoms with Crippen LogP contribution in [0.5, 0.6) is 0 Å². The fraction of sp³-hybridized carbons (Fsp3) is 0.615. The van der Waals surface area contributed by atoms with Crippen molar-refractivity contribution in [3.05, 3.63) is 18.0 Å². The molecule has 1 aromatic heterocycles. The average Bonchev–Trinajstić information content (AvgIpc) is 2.97. The quantitative estimate of drug-likeness (QED) is 0.623. The van der Waals surface area contributed by atoms with Gasteiger partial charge in [0.05, 0.1) is 11.8 Å². The molecule has 2 atom stereocenters. The molecule has 6 heteroatoms. The number of hydrogen-bond acceptors (Lipinski definition) is 3. The Morgan fingerprint density at radius 3 is 2.89 bits per heavy atom. The molecule has 19 heavy (non-hydrogen) atoms. The van der Waals surface area contributed by atoms with Crippen molar-refractivity contribution in [2.75, 3.05) is 6.54 Å². The van der Waals surface area contributed by atoms with Gasteiger partial charge in [0.1, 0.15) is 5.38 Å². The van der Waals surface area contributed by atoms with Crippen LogP contribution >= 0.6 is 11.6 Å². The number of amides is 1. The Labute approximate surface area is 117 Å². The van der Waals surface area contributed by atoms with Gasteiger partial charge < -0.3 is 4.90 Å². The van der Waals surface area contributed by atoms with Gasteiger partial charge in [-0.25, -0.2) is 0 Å². The highest BCUT2D eigenvalue weighted by Gasteiger charge is 2.32. The van der Waals surface area contributed by atoms with Gasteiger partial charge in [0.2, 0.25) is 5.91 Å². The van der Waals surface area contributed by atoms with Gasteiger partial charge in [0, 0.05) is 32.3 Å². The van der Waals surface area contributed by atoms with Crippen LogP contribution in [0.3, 0.4) is 0 Å². The zero-order valence-electron chi connectivity index (χ0n) is 11.2. The Bertz CT molecular complexity index is 484. The summed E-state index contributed by atoms with van der Waals surface area (Å²) in [6.07, 6.45) is 5.41. The second-order valence-corrected chi connectivity index (χ2v) is 5.63. The first-order chi connectivity index (χ1) is 8.99. The van der Waals surface area contributed by atoms with Crippen LogP contribution in [0.2, 0.25) is 0 Å². The Hall–Kier alpha value is -1.36. The highest BCUT2D eigenvalue weighted by molar-refractivity contribution is 6.30. The van der Waals surface area contributed by atoms with Crippen LogP contribution in [-0.2, 0) is 11.8 Å². The summed E-state index contributed by atoms with van der Waals surface area (Å²) in [6.45, 7) is 2.36. The molecule has 104 valence electrons. The Balaban J connectivity index is 2.02. The highest BCUT2D eigenvalue weighted by Crippen LogP contribution is 2.23. The average molecular weight is 284 g/mol. The lowest BCUT2D eigenvalue weighted by molar-refractivity contribution is -0.131. The van der Waals surface area contributed by atoms with Crippen LogP contribution < -0.4 is 0 Å². The second-order valence-electron chi connectivity index (χ2n) is 4.97. The SMILES string of the molecule is CC(Cl)C(=O)N1CCCC1CC(=O)c1cnn(C)c1. The van der Waals surface area contributed by atoms with Crippen LogP contribution in [0.25, 0.3) is 0 Å². The van der Waals surface area contributed by atoms with Crippen molar-refractivity contribution in [2.45, 2.75) is 37.6 Å². The molecular weight excluding hydrogens is 266 g/mol. The minimum absolute atomic E-state index is 0.0265. The van der Waals surface area contributed by atoms with Crippen molar-refractivity contribution in [1.29, 1.82) is 0 Å². The van der Waals surface area contributed by atoms with Crippen LogP contribution in [-0.4, -0.2) is 44.3 Å². The third-order valence-electron chi connectivity index (χ3n) is 3.45. The summed E-state index contributed by atoms with van der Waals surface area (Å²) in [5.41, 5.74) is 0.598. The third kappa shape index (κ3) is 3.15. The zero-order chi connectivity index (χ0) is 14.0. The largest absolute Gasteiger partial charge is 0.338 e. The van der Waals surface area contributed by atoms with E-state index in [2.05, 4.69) is 5.10 Å². The number of halogens is 1. The van der Waals surface area contributed by atoms with Gasteiger partial charge in [0.25, 0.3) is 0 Å². The van der Waals surface area contributed by atoms with E-state index in [4.69, 9.17) is 11.6 Å². The lowest BCUT2D eigenvalue weighted by Gasteiger charge is -2.25. The van der Waals surface area contributed by atoms with Crippen molar-refractivity contribution in [2.24, 2.45) is 7.05 Å². The number of carbonyl (C=O) groups excluding carboxylic acids is 2. The van der Waals surface area contributed by atoms with Crippen molar-refractivity contribution in [3.8, 4) is 0 Å². The summed E-state index contributed by atoms with van der Waals surface area (Å²) >= 11 is 5.84. The molecule has 0 saturated carbocycles. The molecule has 1 aliphatic rings. The van der Waals surface area contributed by atoms with E-state index in [0.717, 1.165) is 12.8 Å². The fourth-order valence-electron chi connectivity index (χ4n) is 2.46. The Kier molecular flexibility index (Phi) is 4.24. The van der Waals surface area contributed by atoms with Crippen LogP contribution in [0.1, 0.15) is 36.5 Å². The van der Waals surface area contributed by atoms with Gasteiger partial charge in [-0.2, -0.15) is 5.10 Å². The maximum Gasteiger partial charge on any atom is 0.240 e. The molecule has 1 aromatic rings. The number of hydrogen-bond donors (Lipinski definition) is 0. The van der Waals surface area contributed by atoms with E-state index >= 15 is 0 Å². The molecule has 2 rings (SSSR count). The summed E-state index contributed by atoms with van der Waals surface area (Å²) in [6, 6.07) is -0.0265. The first-order valence-electron chi connectivity index (χ1n) is 6.45. The summed E-state index contributed by atoms with van der Waals surface area (Å²) < 4.78 is 1.60. The lowest BCUT2D eigenvalue weighted by Crippen LogP contribution is -2.40. The topological polar surface area (TPSA) is 55.2 Å². The van der Waals surface area contributed by atoms with E-state index in [1.807, 2.05) is 0 Å². The molecule has 0 spiro atoms. The predicted molar refractivity (Wildman–Crippen MR) is 72.2 cm³/mol.